The van der Waals surface area contributed by atoms with Crippen LogP contribution in [0, 0.1) is 12.8 Å². The molecule has 1 atom stereocenters. The molecule has 0 spiro atoms. The zero-order chi connectivity index (χ0) is 14.1. The number of aromatic nitrogens is 2. The number of carbonyl (C=O) groups is 1. The Morgan fingerprint density at radius 3 is 2.85 bits per heavy atom. The molecule has 5 nitrogen and oxygen atoms in total. The highest BCUT2D eigenvalue weighted by atomic mass is 16.2. The van der Waals surface area contributed by atoms with Gasteiger partial charge in [-0.1, -0.05) is 0 Å². The average Bonchev–Trinajstić information content (AvgIpc) is 3.22. The molecule has 20 heavy (non-hydrogen) atoms. The maximum atomic E-state index is 12.8. The molecule has 2 fully saturated rings. The lowest BCUT2D eigenvalue weighted by Crippen LogP contribution is -2.42. The molecule has 1 aliphatic heterocycles. The monoisotopic (exact) mass is 276 g/mol. The summed E-state index contributed by atoms with van der Waals surface area (Å²) in [6, 6.07) is 0.462. The maximum absolute atomic E-state index is 12.8. The number of nitrogens with one attached hydrogen (secondary N) is 1. The lowest BCUT2D eigenvalue weighted by molar-refractivity contribution is 0.0703. The number of nitrogens with zero attached hydrogens (tertiary/aromatic N) is 3. The minimum atomic E-state index is 0.170. The van der Waals surface area contributed by atoms with E-state index in [1.165, 1.54) is 12.8 Å². The van der Waals surface area contributed by atoms with Crippen LogP contribution < -0.4 is 5.32 Å². The smallest absolute Gasteiger partial charge is 0.257 e. The third-order valence-corrected chi connectivity index (χ3v) is 4.35. The van der Waals surface area contributed by atoms with Gasteiger partial charge in [0.05, 0.1) is 11.3 Å². The molecule has 2 aliphatic rings. The van der Waals surface area contributed by atoms with Gasteiger partial charge in [0, 0.05) is 25.8 Å². The van der Waals surface area contributed by atoms with Crippen LogP contribution in [0.4, 0.5) is 0 Å². The van der Waals surface area contributed by atoms with Crippen LogP contribution >= 0.6 is 0 Å². The highest BCUT2D eigenvalue weighted by Gasteiger charge is 2.35. The summed E-state index contributed by atoms with van der Waals surface area (Å²) >= 11 is 0. The second kappa shape index (κ2) is 5.56. The van der Waals surface area contributed by atoms with Gasteiger partial charge in [0.15, 0.2) is 0 Å². The van der Waals surface area contributed by atoms with Crippen molar-refractivity contribution in [2.24, 2.45) is 13.0 Å². The zero-order valence-electron chi connectivity index (χ0n) is 12.4. The van der Waals surface area contributed by atoms with Crippen LogP contribution in [-0.4, -0.2) is 46.3 Å². The molecule has 1 N–H and O–H groups in total. The fourth-order valence-corrected chi connectivity index (χ4v) is 3.11. The van der Waals surface area contributed by atoms with Crippen LogP contribution in [0.3, 0.4) is 0 Å². The van der Waals surface area contributed by atoms with Gasteiger partial charge in [-0.25, -0.2) is 0 Å². The SMILES string of the molecule is Cc1nn(C)cc1C(=O)N(CC1CCCNC1)C1CC1. The second-order valence-electron chi connectivity index (χ2n) is 6.20. The van der Waals surface area contributed by atoms with Crippen LogP contribution in [0.25, 0.3) is 0 Å². The van der Waals surface area contributed by atoms with Crippen molar-refractivity contribution in [2.75, 3.05) is 19.6 Å². The number of rotatable bonds is 4. The zero-order valence-corrected chi connectivity index (χ0v) is 12.4. The summed E-state index contributed by atoms with van der Waals surface area (Å²) in [5.41, 5.74) is 1.60. The van der Waals surface area contributed by atoms with E-state index in [1.807, 2.05) is 20.2 Å². The summed E-state index contributed by atoms with van der Waals surface area (Å²) in [5.74, 6) is 0.772. The Bertz CT molecular complexity index is 486. The topological polar surface area (TPSA) is 50.2 Å². The van der Waals surface area contributed by atoms with E-state index in [0.717, 1.165) is 43.7 Å². The minimum Gasteiger partial charge on any atom is -0.335 e. The number of hydrogen-bond donors (Lipinski definition) is 1. The van der Waals surface area contributed by atoms with Crippen LogP contribution in [0.2, 0.25) is 0 Å². The lowest BCUT2D eigenvalue weighted by Gasteiger charge is -2.30. The Balaban J connectivity index is 1.72. The molecule has 2 heterocycles. The van der Waals surface area contributed by atoms with E-state index in [0.29, 0.717) is 12.0 Å². The first kappa shape index (κ1) is 13.6. The molecule has 1 amide bonds. The first-order valence-corrected chi connectivity index (χ1v) is 7.67. The van der Waals surface area contributed by atoms with Crippen LogP contribution in [0.5, 0.6) is 0 Å². The van der Waals surface area contributed by atoms with Crippen molar-refractivity contribution in [2.45, 2.75) is 38.6 Å². The van der Waals surface area contributed by atoms with Crippen molar-refractivity contribution in [3.05, 3.63) is 17.5 Å². The maximum Gasteiger partial charge on any atom is 0.257 e. The van der Waals surface area contributed by atoms with Gasteiger partial charge < -0.3 is 10.2 Å². The summed E-state index contributed by atoms with van der Waals surface area (Å²) < 4.78 is 1.73. The molecule has 5 heteroatoms. The predicted octanol–water partition coefficient (Wildman–Crippen LogP) is 1.33. The van der Waals surface area contributed by atoms with Crippen molar-refractivity contribution >= 4 is 5.91 Å². The number of amides is 1. The molecule has 3 rings (SSSR count). The molecular weight excluding hydrogens is 252 g/mol. The van der Waals surface area contributed by atoms with Crippen molar-refractivity contribution in [1.29, 1.82) is 0 Å². The molecule has 1 aliphatic carbocycles. The van der Waals surface area contributed by atoms with Gasteiger partial charge in [0.25, 0.3) is 5.91 Å². The molecule has 0 radical (unpaired) electrons. The molecule has 1 unspecified atom stereocenters. The number of aryl methyl sites for hydroxylation is 2. The standard InChI is InChI=1S/C15H24N4O/c1-11-14(10-18(2)17-11)15(20)19(13-5-6-13)9-12-4-3-7-16-8-12/h10,12-13,16H,3-9H2,1-2H3. The third-order valence-electron chi connectivity index (χ3n) is 4.35. The quantitative estimate of drug-likeness (QED) is 0.902. The van der Waals surface area contributed by atoms with Crippen molar-refractivity contribution < 1.29 is 4.79 Å². The van der Waals surface area contributed by atoms with E-state index < -0.39 is 0 Å². The van der Waals surface area contributed by atoms with Crippen molar-refractivity contribution in [1.82, 2.24) is 20.0 Å². The first-order chi connectivity index (χ1) is 9.65. The fraction of sp³-hybridized carbons (Fsp3) is 0.733. The predicted molar refractivity (Wildman–Crippen MR) is 77.6 cm³/mol. The fourth-order valence-electron chi connectivity index (χ4n) is 3.11. The molecule has 0 bridgehead atoms. The van der Waals surface area contributed by atoms with E-state index in [1.54, 1.807) is 4.68 Å². The first-order valence-electron chi connectivity index (χ1n) is 7.67. The van der Waals surface area contributed by atoms with Gasteiger partial charge in [-0.15, -0.1) is 0 Å². The Hall–Kier alpha value is -1.36. The van der Waals surface area contributed by atoms with Gasteiger partial charge in [0.2, 0.25) is 0 Å². The van der Waals surface area contributed by atoms with E-state index in [9.17, 15) is 4.79 Å². The minimum absolute atomic E-state index is 0.170. The number of carbonyl (C=O) groups excluding carboxylic acids is 1. The van der Waals surface area contributed by atoms with E-state index in [-0.39, 0.29) is 5.91 Å². The number of piperidine rings is 1. The second-order valence-corrected chi connectivity index (χ2v) is 6.20. The van der Waals surface area contributed by atoms with Gasteiger partial charge in [-0.2, -0.15) is 5.10 Å². The van der Waals surface area contributed by atoms with Gasteiger partial charge in [0.1, 0.15) is 0 Å². The summed E-state index contributed by atoms with van der Waals surface area (Å²) in [4.78, 5) is 14.9. The Morgan fingerprint density at radius 2 is 2.30 bits per heavy atom. The largest absolute Gasteiger partial charge is 0.335 e. The molecule has 1 aromatic heterocycles. The third kappa shape index (κ3) is 2.87. The van der Waals surface area contributed by atoms with E-state index >= 15 is 0 Å². The summed E-state index contributed by atoms with van der Waals surface area (Å²) in [6.45, 7) is 4.98. The summed E-state index contributed by atoms with van der Waals surface area (Å²) in [5, 5.41) is 7.74. The Labute approximate surface area is 120 Å². The van der Waals surface area contributed by atoms with Crippen LogP contribution in [-0.2, 0) is 7.05 Å². The average molecular weight is 276 g/mol. The van der Waals surface area contributed by atoms with Crippen molar-refractivity contribution in [3.63, 3.8) is 0 Å². The molecular formula is C15H24N4O. The highest BCUT2D eigenvalue weighted by molar-refractivity contribution is 5.95. The lowest BCUT2D eigenvalue weighted by atomic mass is 9.98. The Kier molecular flexibility index (Phi) is 3.78. The van der Waals surface area contributed by atoms with Crippen molar-refractivity contribution in [3.8, 4) is 0 Å². The molecule has 1 saturated heterocycles. The van der Waals surface area contributed by atoms with Crippen LogP contribution in [0.15, 0.2) is 6.20 Å². The van der Waals surface area contributed by atoms with E-state index in [4.69, 9.17) is 0 Å². The van der Waals surface area contributed by atoms with Gasteiger partial charge >= 0.3 is 0 Å². The van der Waals surface area contributed by atoms with Crippen LogP contribution in [0.1, 0.15) is 41.7 Å². The van der Waals surface area contributed by atoms with Gasteiger partial charge in [-0.3, -0.25) is 9.48 Å². The molecule has 1 saturated carbocycles. The summed E-state index contributed by atoms with van der Waals surface area (Å²) in [6.07, 6.45) is 6.63. The number of hydrogen-bond acceptors (Lipinski definition) is 3. The normalized spacial score (nSPS) is 22.8. The summed E-state index contributed by atoms with van der Waals surface area (Å²) in [7, 11) is 1.87. The Morgan fingerprint density at radius 1 is 1.50 bits per heavy atom. The highest BCUT2D eigenvalue weighted by Crippen LogP contribution is 2.30. The van der Waals surface area contributed by atoms with Gasteiger partial charge in [-0.05, 0) is 51.6 Å². The molecule has 110 valence electrons. The molecule has 0 aromatic carbocycles. The molecule has 1 aromatic rings. The van der Waals surface area contributed by atoms with E-state index in [2.05, 4.69) is 15.3 Å².